The van der Waals surface area contributed by atoms with Gasteiger partial charge in [-0.1, -0.05) is 26.0 Å². The van der Waals surface area contributed by atoms with E-state index in [2.05, 4.69) is 5.32 Å². The Morgan fingerprint density at radius 2 is 1.71 bits per heavy atom. The van der Waals surface area contributed by atoms with Crippen molar-refractivity contribution in [2.75, 3.05) is 0 Å². The smallest absolute Gasteiger partial charge is 0.131 e. The summed E-state index contributed by atoms with van der Waals surface area (Å²) in [7, 11) is 0. The van der Waals surface area contributed by atoms with E-state index < -0.39 is 5.82 Å². The van der Waals surface area contributed by atoms with E-state index in [0.717, 1.165) is 16.7 Å². The first-order chi connectivity index (χ1) is 9.88. The van der Waals surface area contributed by atoms with E-state index in [1.807, 2.05) is 33.8 Å². The minimum atomic E-state index is -0.394. The molecule has 2 rings (SSSR count). The minimum absolute atomic E-state index is 0.327. The quantitative estimate of drug-likeness (QED) is 0.856. The number of hydrogen-bond acceptors (Lipinski definition) is 1. The van der Waals surface area contributed by atoms with E-state index >= 15 is 0 Å². The molecule has 1 N–H and O–H groups in total. The van der Waals surface area contributed by atoms with Gasteiger partial charge in [0.1, 0.15) is 11.6 Å². The van der Waals surface area contributed by atoms with Crippen LogP contribution >= 0.6 is 0 Å². The Morgan fingerprint density at radius 1 is 1.00 bits per heavy atom. The Hall–Kier alpha value is -1.74. The number of nitrogens with one attached hydrogen (secondary N) is 1. The number of aryl methyl sites for hydroxylation is 2. The summed E-state index contributed by atoms with van der Waals surface area (Å²) in [5.41, 5.74) is 3.21. The van der Waals surface area contributed by atoms with Crippen molar-refractivity contribution in [3.8, 4) is 11.1 Å². The highest BCUT2D eigenvalue weighted by Gasteiger charge is 2.14. The molecular formula is C18H21F2N. The molecule has 112 valence electrons. The Morgan fingerprint density at radius 3 is 2.33 bits per heavy atom. The van der Waals surface area contributed by atoms with Crippen molar-refractivity contribution >= 4 is 0 Å². The van der Waals surface area contributed by atoms with Gasteiger partial charge in [0.25, 0.3) is 0 Å². The molecule has 0 bridgehead atoms. The van der Waals surface area contributed by atoms with Gasteiger partial charge in [0.15, 0.2) is 0 Å². The van der Waals surface area contributed by atoms with Crippen molar-refractivity contribution in [1.82, 2.24) is 5.32 Å². The summed E-state index contributed by atoms with van der Waals surface area (Å²) < 4.78 is 28.4. The largest absolute Gasteiger partial charge is 0.310 e. The van der Waals surface area contributed by atoms with Gasteiger partial charge in [-0.05, 0) is 48.7 Å². The normalized spacial score (nSPS) is 11.2. The molecule has 21 heavy (non-hydrogen) atoms. The van der Waals surface area contributed by atoms with E-state index in [1.165, 1.54) is 12.1 Å². The molecular weight excluding hydrogens is 268 g/mol. The standard InChI is InChI=1S/C18H21F2N/c1-11(2)21-10-14-5-6-16(19)15(9-14)18-13(4)7-12(3)8-17(18)20/h5-9,11,21H,10H2,1-4H3. The van der Waals surface area contributed by atoms with Gasteiger partial charge in [-0.25, -0.2) is 8.78 Å². The highest BCUT2D eigenvalue weighted by Crippen LogP contribution is 2.30. The summed E-state index contributed by atoms with van der Waals surface area (Å²) in [6, 6.07) is 8.53. The molecule has 0 aliphatic carbocycles. The lowest BCUT2D eigenvalue weighted by atomic mass is 9.96. The van der Waals surface area contributed by atoms with Gasteiger partial charge in [-0.15, -0.1) is 0 Å². The lowest BCUT2D eigenvalue weighted by Crippen LogP contribution is -2.21. The predicted octanol–water partition coefficient (Wildman–Crippen LogP) is 4.75. The van der Waals surface area contributed by atoms with Gasteiger partial charge < -0.3 is 5.32 Å². The van der Waals surface area contributed by atoms with E-state index in [1.54, 1.807) is 12.1 Å². The lowest BCUT2D eigenvalue weighted by Gasteiger charge is -2.13. The van der Waals surface area contributed by atoms with Crippen LogP contribution in [0, 0.1) is 25.5 Å². The first kappa shape index (κ1) is 15.6. The molecule has 0 heterocycles. The van der Waals surface area contributed by atoms with Crippen molar-refractivity contribution in [2.45, 2.75) is 40.3 Å². The summed E-state index contributed by atoms with van der Waals surface area (Å²) in [6.45, 7) is 8.38. The average Bonchev–Trinajstić information content (AvgIpc) is 2.38. The fraction of sp³-hybridized carbons (Fsp3) is 0.333. The molecule has 1 nitrogen and oxygen atoms in total. The van der Waals surface area contributed by atoms with Crippen molar-refractivity contribution in [2.24, 2.45) is 0 Å². The average molecular weight is 289 g/mol. The molecule has 0 unspecified atom stereocenters. The summed E-state index contributed by atoms with van der Waals surface area (Å²) in [5, 5.41) is 3.28. The topological polar surface area (TPSA) is 12.0 Å². The van der Waals surface area contributed by atoms with Gasteiger partial charge in [0, 0.05) is 23.7 Å². The van der Waals surface area contributed by atoms with Crippen LogP contribution in [-0.4, -0.2) is 6.04 Å². The molecule has 0 fully saturated rings. The summed E-state index contributed by atoms with van der Waals surface area (Å²) >= 11 is 0. The third-order valence-electron chi connectivity index (χ3n) is 3.45. The van der Waals surface area contributed by atoms with Crippen LogP contribution in [0.1, 0.15) is 30.5 Å². The van der Waals surface area contributed by atoms with Crippen molar-refractivity contribution < 1.29 is 8.78 Å². The van der Waals surface area contributed by atoms with E-state index in [0.29, 0.717) is 23.7 Å². The van der Waals surface area contributed by atoms with Gasteiger partial charge in [0.2, 0.25) is 0 Å². The molecule has 2 aromatic carbocycles. The van der Waals surface area contributed by atoms with E-state index in [-0.39, 0.29) is 5.82 Å². The molecule has 0 aromatic heterocycles. The van der Waals surface area contributed by atoms with Crippen molar-refractivity contribution in [1.29, 1.82) is 0 Å². The van der Waals surface area contributed by atoms with Crippen LogP contribution < -0.4 is 5.32 Å². The third kappa shape index (κ3) is 3.67. The number of rotatable bonds is 4. The zero-order valence-electron chi connectivity index (χ0n) is 12.9. The van der Waals surface area contributed by atoms with Crippen LogP contribution in [0.15, 0.2) is 30.3 Å². The number of halogens is 2. The van der Waals surface area contributed by atoms with Crippen LogP contribution in [0.3, 0.4) is 0 Å². The van der Waals surface area contributed by atoms with Gasteiger partial charge in [0.05, 0.1) is 0 Å². The molecule has 0 spiro atoms. The van der Waals surface area contributed by atoms with Gasteiger partial charge in [-0.2, -0.15) is 0 Å². The second kappa shape index (κ2) is 6.35. The second-order valence-corrected chi connectivity index (χ2v) is 5.79. The van der Waals surface area contributed by atoms with Crippen LogP contribution in [0.2, 0.25) is 0 Å². The Labute approximate surface area is 125 Å². The summed E-state index contributed by atoms with van der Waals surface area (Å²) in [6.07, 6.45) is 0. The monoisotopic (exact) mass is 289 g/mol. The number of hydrogen-bond donors (Lipinski definition) is 1. The Kier molecular flexibility index (Phi) is 4.73. The molecule has 0 radical (unpaired) electrons. The van der Waals surface area contributed by atoms with Crippen molar-refractivity contribution in [3.05, 3.63) is 58.7 Å². The SMILES string of the molecule is Cc1cc(C)c(-c2cc(CNC(C)C)ccc2F)c(F)c1. The maximum atomic E-state index is 14.2. The second-order valence-electron chi connectivity index (χ2n) is 5.79. The van der Waals surface area contributed by atoms with Crippen LogP contribution in [0.25, 0.3) is 11.1 Å². The first-order valence-corrected chi connectivity index (χ1v) is 7.17. The summed E-state index contributed by atoms with van der Waals surface area (Å²) in [4.78, 5) is 0. The summed E-state index contributed by atoms with van der Waals surface area (Å²) in [5.74, 6) is -0.769. The van der Waals surface area contributed by atoms with E-state index in [9.17, 15) is 8.78 Å². The molecule has 0 saturated carbocycles. The first-order valence-electron chi connectivity index (χ1n) is 7.17. The van der Waals surface area contributed by atoms with Crippen LogP contribution in [-0.2, 0) is 6.54 Å². The molecule has 0 aliphatic heterocycles. The Bertz CT molecular complexity index is 625. The fourth-order valence-electron chi connectivity index (χ4n) is 2.45. The predicted molar refractivity (Wildman–Crippen MR) is 83.2 cm³/mol. The van der Waals surface area contributed by atoms with Crippen molar-refractivity contribution in [3.63, 3.8) is 0 Å². The zero-order chi connectivity index (χ0) is 15.6. The molecule has 0 atom stereocenters. The molecule has 0 amide bonds. The highest BCUT2D eigenvalue weighted by molar-refractivity contribution is 5.69. The minimum Gasteiger partial charge on any atom is -0.310 e. The lowest BCUT2D eigenvalue weighted by molar-refractivity contribution is 0.586. The van der Waals surface area contributed by atoms with Crippen LogP contribution in [0.5, 0.6) is 0 Å². The van der Waals surface area contributed by atoms with E-state index in [4.69, 9.17) is 0 Å². The maximum Gasteiger partial charge on any atom is 0.131 e. The fourth-order valence-corrected chi connectivity index (χ4v) is 2.45. The number of benzene rings is 2. The molecule has 0 saturated heterocycles. The maximum absolute atomic E-state index is 14.2. The highest BCUT2D eigenvalue weighted by atomic mass is 19.1. The molecule has 0 aliphatic rings. The molecule has 3 heteroatoms. The molecule has 2 aromatic rings. The third-order valence-corrected chi connectivity index (χ3v) is 3.45. The zero-order valence-corrected chi connectivity index (χ0v) is 12.9. The Balaban J connectivity index is 2.46. The van der Waals surface area contributed by atoms with Crippen LogP contribution in [0.4, 0.5) is 8.78 Å². The van der Waals surface area contributed by atoms with Gasteiger partial charge in [-0.3, -0.25) is 0 Å². The van der Waals surface area contributed by atoms with Gasteiger partial charge >= 0.3 is 0 Å².